The number of aromatic amines is 2. The van der Waals surface area contributed by atoms with Gasteiger partial charge in [0.25, 0.3) is 20.0 Å². The molecule has 0 fully saturated rings. The Morgan fingerprint density at radius 1 is 0.525 bits per heavy atom. The van der Waals surface area contributed by atoms with Gasteiger partial charge in [0.2, 0.25) is 35.5 Å². The molecule has 0 aliphatic rings. The lowest BCUT2D eigenvalue weighted by molar-refractivity contribution is -0.128. The summed E-state index contributed by atoms with van der Waals surface area (Å²) in [6.45, 7) is 12.6. The molecule has 0 radical (unpaired) electrons. The van der Waals surface area contributed by atoms with Crippen molar-refractivity contribution in [2.45, 2.75) is 121 Å². The Labute approximate surface area is 468 Å². The van der Waals surface area contributed by atoms with Gasteiger partial charge in [0.05, 0.1) is 22.6 Å². The number of nitrogens with zero attached hydrogens (tertiary/aromatic N) is 2. The maximum Gasteiger partial charge on any atom is 0.264 e. The van der Waals surface area contributed by atoms with Crippen LogP contribution in [-0.4, -0.2) is 114 Å². The third-order valence-electron chi connectivity index (χ3n) is 13.4. The molecule has 0 bridgehead atoms. The van der Waals surface area contributed by atoms with Crippen LogP contribution in [-0.2, 0) is 52.1 Å². The molecule has 6 aromatic rings. The van der Waals surface area contributed by atoms with Crippen LogP contribution in [0.25, 0.3) is 21.8 Å². The first kappa shape index (κ1) is 61.5. The highest BCUT2D eigenvalue weighted by Gasteiger charge is 2.25. The highest BCUT2D eigenvalue weighted by atomic mass is 32.2. The molecule has 2 heterocycles. The molecule has 2 aromatic heterocycles. The highest BCUT2D eigenvalue weighted by molar-refractivity contribution is 7.90. The second-order valence-corrected chi connectivity index (χ2v) is 23.4. The summed E-state index contributed by atoms with van der Waals surface area (Å²) in [6, 6.07) is 20.6. The molecule has 0 spiro atoms. The summed E-state index contributed by atoms with van der Waals surface area (Å²) in [5.41, 5.74) is 19.6. The first-order valence-electron chi connectivity index (χ1n) is 26.9. The minimum absolute atomic E-state index is 0.0455. The molecular formula is C57H77N13O8S2. The van der Waals surface area contributed by atoms with Crippen LogP contribution in [0, 0.1) is 41.5 Å². The number of hydrogen-bond acceptors (Lipinski definition) is 11. The van der Waals surface area contributed by atoms with Crippen molar-refractivity contribution in [2.24, 2.45) is 21.5 Å². The van der Waals surface area contributed by atoms with E-state index in [1.165, 1.54) is 0 Å². The maximum absolute atomic E-state index is 13.6. The third-order valence-corrected chi connectivity index (χ3v) is 16.7. The highest BCUT2D eigenvalue weighted by Crippen LogP contribution is 2.24. The molecule has 430 valence electrons. The maximum atomic E-state index is 13.6. The van der Waals surface area contributed by atoms with Gasteiger partial charge in [-0.1, -0.05) is 78.2 Å². The number of carbonyl (C=O) groups excluding carboxylic acids is 4. The Hall–Kier alpha value is -7.76. The summed E-state index contributed by atoms with van der Waals surface area (Å²) in [6.07, 6.45) is 6.91. The van der Waals surface area contributed by atoms with E-state index in [2.05, 4.69) is 56.0 Å². The zero-order valence-corrected chi connectivity index (χ0v) is 48.1. The van der Waals surface area contributed by atoms with Crippen molar-refractivity contribution in [3.8, 4) is 0 Å². The van der Waals surface area contributed by atoms with E-state index >= 15 is 0 Å². The van der Waals surface area contributed by atoms with Gasteiger partial charge in [-0.2, -0.15) is 0 Å². The van der Waals surface area contributed by atoms with Gasteiger partial charge in [-0.05, 0) is 132 Å². The molecule has 6 rings (SSSR count). The first-order valence-corrected chi connectivity index (χ1v) is 29.8. The predicted octanol–water partition coefficient (Wildman–Crippen LogP) is 4.39. The van der Waals surface area contributed by atoms with Crippen LogP contribution in [0.3, 0.4) is 0 Å². The molecule has 80 heavy (non-hydrogen) atoms. The number of amides is 4. The largest absolute Gasteiger partial charge is 0.369 e. The second-order valence-electron chi connectivity index (χ2n) is 20.2. The van der Waals surface area contributed by atoms with Gasteiger partial charge in [-0.15, -0.1) is 0 Å². The van der Waals surface area contributed by atoms with E-state index in [4.69, 9.17) is 11.5 Å². The van der Waals surface area contributed by atoms with E-state index in [9.17, 15) is 36.0 Å². The normalized spacial score (nSPS) is 13.0. The fourth-order valence-corrected chi connectivity index (χ4v) is 12.8. The van der Waals surface area contributed by atoms with E-state index in [1.54, 1.807) is 64.4 Å². The predicted molar refractivity (Wildman–Crippen MR) is 314 cm³/mol. The van der Waals surface area contributed by atoms with Gasteiger partial charge >= 0.3 is 0 Å². The summed E-state index contributed by atoms with van der Waals surface area (Å²) in [7, 11) is -8.00. The minimum atomic E-state index is -4.00. The third kappa shape index (κ3) is 17.9. The second kappa shape index (κ2) is 28.9. The molecule has 0 aliphatic heterocycles. The number of carbonyl (C=O) groups is 4. The number of fused-ring (bicyclic) bond motifs is 2. The van der Waals surface area contributed by atoms with Crippen molar-refractivity contribution in [3.63, 3.8) is 0 Å². The van der Waals surface area contributed by atoms with Crippen LogP contribution < -0.4 is 47.5 Å². The van der Waals surface area contributed by atoms with Gasteiger partial charge in [-0.3, -0.25) is 29.2 Å². The van der Waals surface area contributed by atoms with Gasteiger partial charge in [0.1, 0.15) is 12.1 Å². The van der Waals surface area contributed by atoms with Crippen molar-refractivity contribution in [1.82, 2.24) is 46.0 Å². The number of hydrogen-bond donors (Lipinski definition) is 11. The number of para-hydroxylation sites is 2. The van der Waals surface area contributed by atoms with Gasteiger partial charge in [-0.25, -0.2) is 26.3 Å². The summed E-state index contributed by atoms with van der Waals surface area (Å²) in [5, 5.41) is 16.8. The average molecular weight is 1140 g/mol. The molecule has 13 N–H and O–H groups in total. The molecular weight excluding hydrogens is 1060 g/mol. The Morgan fingerprint density at radius 3 is 1.36 bits per heavy atom. The van der Waals surface area contributed by atoms with E-state index in [-0.39, 0.29) is 90.7 Å². The number of unbranched alkanes of at least 4 members (excludes halogenated alkanes) is 2. The van der Waals surface area contributed by atoms with Crippen LogP contribution in [0.5, 0.6) is 0 Å². The molecule has 21 nitrogen and oxygen atoms in total. The Kier molecular flexibility index (Phi) is 22.2. The molecule has 2 atom stereocenters. The topological polar surface area (TPSA) is 329 Å². The number of aryl methyl sites for hydroxylation is 6. The van der Waals surface area contributed by atoms with Crippen LogP contribution >= 0.6 is 0 Å². The number of guanidine groups is 2. The molecule has 0 unspecified atom stereocenters. The van der Waals surface area contributed by atoms with Crippen molar-refractivity contribution in [1.29, 1.82) is 0 Å². The minimum Gasteiger partial charge on any atom is -0.369 e. The van der Waals surface area contributed by atoms with Crippen molar-refractivity contribution in [3.05, 3.63) is 130 Å². The lowest BCUT2D eigenvalue weighted by atomic mass is 10.1. The van der Waals surface area contributed by atoms with Crippen LogP contribution in [0.2, 0.25) is 0 Å². The molecule has 0 saturated carbocycles. The average Bonchev–Trinajstić information content (AvgIpc) is 4.05. The standard InChI is InChI=1S/C57H77N13O8S2/c1-36-28-38(3)52(39(4)29-36)79(75,76)69-56(58)63-24-14-20-48(67-50(71)32-42-34-65-46-18-10-8-16-44(42)46)54(73)61-23-13-7-12-22-60-26-27-62-55(74)49(68-51(72)33-43-35-66-47-19-11-9-17-45(43)47)21-15-25-64-57(59)70-80(77,78)53-40(5)30-37(2)31-41(53)6/h8-11,16-19,28-31,34-35,48-49,60,65-66H,7,12-15,20-27,32-33H2,1-6H3,(H,61,73)(H,62,74)(H,67,71)(H,68,72)(H3,58,63,69)(H3,59,64,70)/t48-,49-/m1/s1. The number of nitrogens with one attached hydrogen (secondary N) is 9. The number of sulfonamides is 2. The fraction of sp³-hybridized carbons (Fsp3) is 0.404. The fourth-order valence-electron chi connectivity index (χ4n) is 9.95. The molecule has 4 aromatic carbocycles. The lowest BCUT2D eigenvalue weighted by Gasteiger charge is -2.19. The Balaban J connectivity index is 0.943. The Bertz CT molecular complexity index is 3170. The number of rotatable bonds is 29. The smallest absolute Gasteiger partial charge is 0.264 e. The quantitative estimate of drug-likeness (QED) is 0.0178. The summed E-state index contributed by atoms with van der Waals surface area (Å²) >= 11 is 0. The van der Waals surface area contributed by atoms with Crippen LogP contribution in [0.15, 0.2) is 105 Å². The van der Waals surface area contributed by atoms with E-state index in [1.807, 2.05) is 62.4 Å². The van der Waals surface area contributed by atoms with Crippen molar-refractivity contribution < 1.29 is 36.0 Å². The SMILES string of the molecule is Cc1cc(C)c(S(=O)(=O)NC(N)=NCCC[C@@H](NC(=O)Cc2c[nH]c3ccccc23)C(=O)NCCCCCNCCNC(=O)[C@@H](CCCN=C(N)NS(=O)(=O)c2c(C)cc(C)cc2C)NC(=O)Cc2c[nH]c3ccccc23)c(C)c1. The lowest BCUT2D eigenvalue weighted by Crippen LogP contribution is -2.48. The zero-order chi connectivity index (χ0) is 58.0. The number of nitrogens with two attached hydrogens (primary N) is 2. The summed E-state index contributed by atoms with van der Waals surface area (Å²) in [5.74, 6) is -1.98. The number of aromatic nitrogens is 2. The first-order chi connectivity index (χ1) is 38.1. The number of H-pyrrole nitrogens is 2. The molecule has 0 aliphatic carbocycles. The van der Waals surface area contributed by atoms with Crippen molar-refractivity contribution in [2.75, 3.05) is 39.3 Å². The monoisotopic (exact) mass is 1140 g/mol. The Morgan fingerprint density at radius 2 is 0.925 bits per heavy atom. The van der Waals surface area contributed by atoms with E-state index < -0.39 is 32.1 Å². The van der Waals surface area contributed by atoms with Gasteiger partial charge < -0.3 is 48.0 Å². The molecule has 23 heteroatoms. The molecule has 4 amide bonds. The summed E-state index contributed by atoms with van der Waals surface area (Å²) < 4.78 is 57.5. The van der Waals surface area contributed by atoms with Crippen LogP contribution in [0.1, 0.15) is 89.5 Å². The van der Waals surface area contributed by atoms with Crippen LogP contribution in [0.4, 0.5) is 0 Å². The summed E-state index contributed by atoms with van der Waals surface area (Å²) in [4.78, 5) is 68.9. The number of benzene rings is 4. The van der Waals surface area contributed by atoms with E-state index in [0.29, 0.717) is 61.2 Å². The van der Waals surface area contributed by atoms with Gasteiger partial charge in [0.15, 0.2) is 0 Å². The molecule has 0 saturated heterocycles. The van der Waals surface area contributed by atoms with Crippen molar-refractivity contribution >= 4 is 77.4 Å². The van der Waals surface area contributed by atoms with E-state index in [0.717, 1.165) is 56.9 Å². The number of aliphatic imine (C=N–C) groups is 2. The van der Waals surface area contributed by atoms with Gasteiger partial charge in [0, 0.05) is 66.9 Å². The zero-order valence-electron chi connectivity index (χ0n) is 46.5.